The SMILES string of the molecule is CC/C=C\C/C=C\C/C=C\C/C=C\C/C=C\C/C=C\CCCCCCCCCCCCCCCCCCCCCCC(=O)OC(COC(=O)CCCCCCCCCCCCC/C=C\C/C=C\C/C=C\C/C=C\C/C=C\CC)COP(=O)(O)OCCN. The zero-order valence-electron chi connectivity index (χ0n) is 56.0. The molecule has 3 N–H and O–H groups in total. The number of phosphoric acid groups is 1. The zero-order valence-corrected chi connectivity index (χ0v) is 56.9. The molecule has 0 aromatic carbocycles. The maximum atomic E-state index is 12.8. The van der Waals surface area contributed by atoms with E-state index in [1.165, 1.54) is 161 Å². The highest BCUT2D eigenvalue weighted by molar-refractivity contribution is 7.47. The third-order valence-corrected chi connectivity index (χ3v) is 16.0. The number of esters is 2. The van der Waals surface area contributed by atoms with E-state index >= 15 is 0 Å². The summed E-state index contributed by atoms with van der Waals surface area (Å²) in [4.78, 5) is 35.4. The van der Waals surface area contributed by atoms with Crippen molar-refractivity contribution in [3.05, 3.63) is 134 Å². The van der Waals surface area contributed by atoms with Crippen LogP contribution in [0.2, 0.25) is 0 Å². The first-order valence-corrected chi connectivity index (χ1v) is 37.2. The lowest BCUT2D eigenvalue weighted by Gasteiger charge is -2.19. The number of ether oxygens (including phenoxy) is 2. The van der Waals surface area contributed by atoms with Gasteiger partial charge in [-0.25, -0.2) is 4.57 Å². The van der Waals surface area contributed by atoms with Gasteiger partial charge in [0.05, 0.1) is 13.2 Å². The fraction of sp³-hybridized carbons (Fsp3) is 0.688. The molecule has 0 aliphatic heterocycles. The van der Waals surface area contributed by atoms with Crippen LogP contribution in [0.5, 0.6) is 0 Å². The summed E-state index contributed by atoms with van der Waals surface area (Å²) in [5.74, 6) is -0.826. The first-order valence-electron chi connectivity index (χ1n) is 35.7. The smallest absolute Gasteiger partial charge is 0.462 e. The summed E-state index contributed by atoms with van der Waals surface area (Å²) < 4.78 is 33.2. The Morgan fingerprint density at radius 2 is 0.598 bits per heavy atom. The second-order valence-electron chi connectivity index (χ2n) is 23.3. The number of hydrogen-bond acceptors (Lipinski definition) is 8. The van der Waals surface area contributed by atoms with Crippen LogP contribution in [0.15, 0.2) is 134 Å². The molecule has 0 spiro atoms. The largest absolute Gasteiger partial charge is 0.472 e. The van der Waals surface area contributed by atoms with Crippen LogP contribution in [0, 0.1) is 0 Å². The van der Waals surface area contributed by atoms with Gasteiger partial charge in [-0.2, -0.15) is 0 Å². The van der Waals surface area contributed by atoms with Crippen LogP contribution < -0.4 is 5.73 Å². The Balaban J connectivity index is 3.86. The van der Waals surface area contributed by atoms with Crippen molar-refractivity contribution < 1.29 is 37.6 Å². The summed E-state index contributed by atoms with van der Waals surface area (Å²) in [5.41, 5.74) is 5.40. The van der Waals surface area contributed by atoms with Crippen molar-refractivity contribution >= 4 is 19.8 Å². The average Bonchev–Trinajstić information content (AvgIpc) is 3.64. The molecule has 0 fully saturated rings. The zero-order chi connectivity index (χ0) is 63.0. The van der Waals surface area contributed by atoms with Gasteiger partial charge < -0.3 is 20.1 Å². The predicted molar refractivity (Wildman–Crippen MR) is 376 cm³/mol. The highest BCUT2D eigenvalue weighted by atomic mass is 31.2. The molecule has 0 aromatic rings. The Kier molecular flexibility index (Phi) is 68.1. The third kappa shape index (κ3) is 71.1. The van der Waals surface area contributed by atoms with Crippen LogP contribution in [-0.2, 0) is 32.7 Å². The maximum Gasteiger partial charge on any atom is 0.472 e. The fourth-order valence-corrected chi connectivity index (χ4v) is 10.6. The topological polar surface area (TPSA) is 134 Å². The molecule has 0 amide bonds. The summed E-state index contributed by atoms with van der Waals surface area (Å²) >= 11 is 0. The van der Waals surface area contributed by atoms with Gasteiger partial charge in [0.15, 0.2) is 6.10 Å². The van der Waals surface area contributed by atoms with Crippen LogP contribution in [0.3, 0.4) is 0 Å². The second-order valence-corrected chi connectivity index (χ2v) is 24.8. The Labute approximate surface area is 535 Å². The maximum absolute atomic E-state index is 12.8. The molecule has 498 valence electrons. The van der Waals surface area contributed by atoms with Gasteiger partial charge in [-0.05, 0) is 109 Å². The normalized spacial score (nSPS) is 13.7. The third-order valence-electron chi connectivity index (χ3n) is 15.0. The van der Waals surface area contributed by atoms with E-state index in [0.29, 0.717) is 6.42 Å². The lowest BCUT2D eigenvalue weighted by molar-refractivity contribution is -0.161. The number of unbranched alkanes of at least 4 members (excludes halogenated alkanes) is 31. The molecule has 2 unspecified atom stereocenters. The minimum absolute atomic E-state index is 0.0493. The molecular weight excluding hydrogens is 1100 g/mol. The van der Waals surface area contributed by atoms with E-state index < -0.39 is 26.5 Å². The first kappa shape index (κ1) is 83.2. The summed E-state index contributed by atoms with van der Waals surface area (Å²) in [6.45, 7) is 3.54. The van der Waals surface area contributed by atoms with Crippen LogP contribution in [0.1, 0.15) is 309 Å². The highest BCUT2D eigenvalue weighted by Gasteiger charge is 2.26. The molecule has 0 saturated carbocycles. The summed E-state index contributed by atoms with van der Waals surface area (Å²) in [6, 6.07) is 0. The number of hydrogen-bond donors (Lipinski definition) is 2. The number of carbonyl (C=O) groups excluding carboxylic acids is 2. The van der Waals surface area contributed by atoms with Crippen molar-refractivity contribution in [3.63, 3.8) is 0 Å². The number of phosphoric ester groups is 1. The molecule has 0 rings (SSSR count). The Bertz CT molecular complexity index is 1890. The van der Waals surface area contributed by atoms with Crippen molar-refractivity contribution in [1.29, 1.82) is 0 Å². The predicted octanol–water partition coefficient (Wildman–Crippen LogP) is 23.6. The summed E-state index contributed by atoms with van der Waals surface area (Å²) in [7, 11) is -4.40. The molecule has 9 nitrogen and oxygen atoms in total. The monoisotopic (exact) mass is 1230 g/mol. The number of rotatable bonds is 66. The van der Waals surface area contributed by atoms with E-state index in [0.717, 1.165) is 116 Å². The van der Waals surface area contributed by atoms with Gasteiger partial charge in [-0.1, -0.05) is 321 Å². The van der Waals surface area contributed by atoms with Gasteiger partial charge in [0.25, 0.3) is 0 Å². The Hall–Kier alpha value is -3.85. The highest BCUT2D eigenvalue weighted by Crippen LogP contribution is 2.43. The van der Waals surface area contributed by atoms with Crippen molar-refractivity contribution in [2.75, 3.05) is 26.4 Å². The molecule has 87 heavy (non-hydrogen) atoms. The minimum atomic E-state index is -4.40. The summed E-state index contributed by atoms with van der Waals surface area (Å²) in [6.07, 6.45) is 101. The lowest BCUT2D eigenvalue weighted by Crippen LogP contribution is -2.29. The van der Waals surface area contributed by atoms with Gasteiger partial charge in [0, 0.05) is 19.4 Å². The van der Waals surface area contributed by atoms with Crippen LogP contribution >= 0.6 is 7.82 Å². The van der Waals surface area contributed by atoms with E-state index in [1.807, 2.05) is 0 Å². The number of carbonyl (C=O) groups is 2. The van der Waals surface area contributed by atoms with E-state index in [1.54, 1.807) is 0 Å². The molecule has 0 heterocycles. The molecule has 0 radical (unpaired) electrons. The van der Waals surface area contributed by atoms with Crippen molar-refractivity contribution in [2.45, 2.75) is 315 Å². The fourth-order valence-electron chi connectivity index (χ4n) is 9.85. The van der Waals surface area contributed by atoms with Gasteiger partial charge in [0.1, 0.15) is 6.61 Å². The molecule has 10 heteroatoms. The van der Waals surface area contributed by atoms with Gasteiger partial charge in [-0.3, -0.25) is 18.6 Å². The Morgan fingerprint density at radius 3 is 0.885 bits per heavy atom. The molecule has 2 atom stereocenters. The van der Waals surface area contributed by atoms with Crippen LogP contribution in [0.4, 0.5) is 0 Å². The van der Waals surface area contributed by atoms with E-state index in [2.05, 4.69) is 148 Å². The Morgan fingerprint density at radius 1 is 0.345 bits per heavy atom. The van der Waals surface area contributed by atoms with E-state index in [4.69, 9.17) is 24.3 Å². The minimum Gasteiger partial charge on any atom is -0.462 e. The average molecular weight is 1230 g/mol. The van der Waals surface area contributed by atoms with Crippen LogP contribution in [0.25, 0.3) is 0 Å². The standard InChI is InChI=1S/C77H132NO8P/c1-3-5-7-9-11-13-15-17-19-21-23-25-27-29-31-32-33-34-35-36-37-38-39-40-41-42-44-46-48-50-52-54-56-58-60-62-64-66-68-70-77(80)86-75(74-85-87(81,82)84-72-71-78)73-83-76(79)69-67-65-63-61-59-57-55-53-51-49-47-45-43-30-28-26-24-22-20-18-16-14-12-10-8-6-4-2/h5-8,11-14,17-20,23-26,29-31,33-34,43,75H,3-4,9-10,15-16,21-22,27-28,32,35-42,44-74,78H2,1-2H3,(H,81,82)/b7-5-,8-6-,13-11-,14-12-,19-17-,20-18-,25-23-,26-24-,31-29-,34-33-,43-30-. The first-order chi connectivity index (χ1) is 42.8. The molecule has 0 bridgehead atoms. The van der Waals surface area contributed by atoms with Crippen molar-refractivity contribution in [3.8, 4) is 0 Å². The lowest BCUT2D eigenvalue weighted by atomic mass is 10.0. The number of nitrogens with two attached hydrogens (primary N) is 1. The van der Waals surface area contributed by atoms with Gasteiger partial charge in [-0.15, -0.1) is 0 Å². The summed E-state index contributed by atoms with van der Waals surface area (Å²) in [5, 5.41) is 0. The van der Waals surface area contributed by atoms with Gasteiger partial charge >= 0.3 is 19.8 Å². The van der Waals surface area contributed by atoms with Gasteiger partial charge in [0.2, 0.25) is 0 Å². The molecule has 0 aromatic heterocycles. The number of allylic oxidation sites excluding steroid dienone is 22. The van der Waals surface area contributed by atoms with E-state index in [9.17, 15) is 19.0 Å². The van der Waals surface area contributed by atoms with Crippen molar-refractivity contribution in [1.82, 2.24) is 0 Å². The molecule has 0 aliphatic carbocycles. The van der Waals surface area contributed by atoms with Crippen molar-refractivity contribution in [2.24, 2.45) is 5.73 Å². The molecule has 0 aliphatic rings. The van der Waals surface area contributed by atoms with E-state index in [-0.39, 0.29) is 38.6 Å². The quantitative estimate of drug-likeness (QED) is 0.0264. The molecular formula is C77H132NO8P. The molecule has 0 saturated heterocycles. The van der Waals surface area contributed by atoms with Crippen LogP contribution in [-0.4, -0.2) is 49.3 Å². The second kappa shape index (κ2) is 71.2.